The van der Waals surface area contributed by atoms with Crippen molar-refractivity contribution < 1.29 is 14.3 Å². The molecule has 0 bridgehead atoms. The van der Waals surface area contributed by atoms with Gasteiger partial charge in [0.25, 0.3) is 0 Å². The number of rotatable bonds is 4. The molecule has 0 aliphatic carbocycles. The molecule has 0 saturated carbocycles. The Morgan fingerprint density at radius 2 is 2.00 bits per heavy atom. The molecule has 2 aliphatic rings. The van der Waals surface area contributed by atoms with Crippen LogP contribution < -0.4 is 10.5 Å². The minimum atomic E-state index is -0.340. The molecule has 4 atom stereocenters. The van der Waals surface area contributed by atoms with Crippen LogP contribution in [0.3, 0.4) is 0 Å². The monoisotopic (exact) mass is 359 g/mol. The summed E-state index contributed by atoms with van der Waals surface area (Å²) < 4.78 is 5.22. The van der Waals surface area contributed by atoms with Gasteiger partial charge in [-0.3, -0.25) is 9.59 Å². The minimum Gasteiger partial charge on any atom is -0.497 e. The molecule has 2 amide bonds. The number of hydrogen-bond acceptors (Lipinski definition) is 4. The lowest BCUT2D eigenvalue weighted by atomic mass is 9.88. The average Bonchev–Trinajstić information content (AvgIpc) is 2.96. The van der Waals surface area contributed by atoms with E-state index in [4.69, 9.17) is 10.5 Å². The zero-order valence-electron chi connectivity index (χ0n) is 15.9. The maximum Gasteiger partial charge on any atom is 0.228 e. The molecule has 1 aromatic rings. The van der Waals surface area contributed by atoms with E-state index in [-0.39, 0.29) is 36.2 Å². The van der Waals surface area contributed by atoms with Gasteiger partial charge in [0.05, 0.1) is 19.1 Å². The summed E-state index contributed by atoms with van der Waals surface area (Å²) in [6.45, 7) is 3.46. The number of nitrogens with two attached hydrogens (primary N) is 1. The Hall–Kier alpha value is -2.08. The molecule has 0 aromatic heterocycles. The van der Waals surface area contributed by atoms with Crippen LogP contribution in [0, 0.1) is 11.8 Å². The fourth-order valence-corrected chi connectivity index (χ4v) is 4.22. The number of methoxy groups -OCH3 is 1. The highest BCUT2D eigenvalue weighted by Gasteiger charge is 2.44. The Bertz CT molecular complexity index is 659. The summed E-state index contributed by atoms with van der Waals surface area (Å²) in [6.07, 6.45) is 2.31. The Balaban J connectivity index is 1.81. The summed E-state index contributed by atoms with van der Waals surface area (Å²) in [5, 5.41) is 0. The highest BCUT2D eigenvalue weighted by atomic mass is 16.5. The Labute approximate surface area is 155 Å². The lowest BCUT2D eigenvalue weighted by Gasteiger charge is -2.37. The number of piperidine rings is 1. The summed E-state index contributed by atoms with van der Waals surface area (Å²) >= 11 is 0. The van der Waals surface area contributed by atoms with Crippen molar-refractivity contribution in [3.8, 4) is 5.75 Å². The number of carbonyl (C=O) groups is 2. The smallest absolute Gasteiger partial charge is 0.228 e. The van der Waals surface area contributed by atoms with Crippen LogP contribution in [0.25, 0.3) is 0 Å². The van der Waals surface area contributed by atoms with Gasteiger partial charge in [-0.1, -0.05) is 12.1 Å². The topological polar surface area (TPSA) is 75.9 Å². The first kappa shape index (κ1) is 18.7. The van der Waals surface area contributed by atoms with Crippen molar-refractivity contribution in [3.05, 3.63) is 29.8 Å². The van der Waals surface area contributed by atoms with Crippen LogP contribution in [0.5, 0.6) is 5.75 Å². The predicted molar refractivity (Wildman–Crippen MR) is 99.6 cm³/mol. The normalized spacial score (nSPS) is 27.5. The lowest BCUT2D eigenvalue weighted by Crippen LogP contribution is -2.47. The molecule has 2 fully saturated rings. The first-order valence-electron chi connectivity index (χ1n) is 9.36. The number of ether oxygens (including phenoxy) is 1. The maximum absolute atomic E-state index is 13.2. The number of hydrogen-bond donors (Lipinski definition) is 1. The van der Waals surface area contributed by atoms with Crippen molar-refractivity contribution in [3.63, 3.8) is 0 Å². The minimum absolute atomic E-state index is 0.0184. The molecule has 6 heteroatoms. The molecular weight excluding hydrogens is 330 g/mol. The molecule has 142 valence electrons. The summed E-state index contributed by atoms with van der Waals surface area (Å²) in [4.78, 5) is 29.2. The Morgan fingerprint density at radius 1 is 1.31 bits per heavy atom. The first-order chi connectivity index (χ1) is 12.4. The van der Waals surface area contributed by atoms with E-state index in [1.54, 1.807) is 19.1 Å². The number of nitrogens with zero attached hydrogens (tertiary/aromatic N) is 2. The fourth-order valence-electron chi connectivity index (χ4n) is 4.22. The van der Waals surface area contributed by atoms with Gasteiger partial charge in [-0.25, -0.2) is 0 Å². The first-order valence-corrected chi connectivity index (χ1v) is 9.36. The highest BCUT2D eigenvalue weighted by Crippen LogP contribution is 2.39. The van der Waals surface area contributed by atoms with E-state index in [1.165, 1.54) is 0 Å². The maximum atomic E-state index is 13.2. The molecule has 2 heterocycles. The predicted octanol–water partition coefficient (Wildman–Crippen LogP) is 1.80. The SMILES string of the molecule is COc1ccc(C2C(C(=O)N3CCCC(C(C)N)C3)CC(=O)N2C)cc1. The lowest BCUT2D eigenvalue weighted by molar-refractivity contribution is -0.138. The molecule has 0 spiro atoms. The second-order valence-electron chi connectivity index (χ2n) is 7.58. The second-order valence-corrected chi connectivity index (χ2v) is 7.58. The van der Waals surface area contributed by atoms with E-state index in [9.17, 15) is 9.59 Å². The van der Waals surface area contributed by atoms with Gasteiger partial charge in [-0.05, 0) is 43.4 Å². The average molecular weight is 359 g/mol. The number of amides is 2. The number of benzene rings is 1. The quantitative estimate of drug-likeness (QED) is 0.889. The largest absolute Gasteiger partial charge is 0.497 e. The summed E-state index contributed by atoms with van der Waals surface area (Å²) in [6, 6.07) is 7.49. The summed E-state index contributed by atoms with van der Waals surface area (Å²) in [7, 11) is 3.41. The van der Waals surface area contributed by atoms with E-state index in [1.807, 2.05) is 36.1 Å². The molecule has 1 aromatic carbocycles. The van der Waals surface area contributed by atoms with Crippen molar-refractivity contribution in [2.45, 2.75) is 38.3 Å². The molecular formula is C20H29N3O3. The number of carbonyl (C=O) groups excluding carboxylic acids is 2. The summed E-state index contributed by atoms with van der Waals surface area (Å²) in [5.41, 5.74) is 7.03. The van der Waals surface area contributed by atoms with Crippen LogP contribution in [-0.2, 0) is 9.59 Å². The number of likely N-dealkylation sites (tertiary alicyclic amines) is 2. The van der Waals surface area contributed by atoms with Gasteiger partial charge in [0.1, 0.15) is 5.75 Å². The van der Waals surface area contributed by atoms with Crippen molar-refractivity contribution in [1.29, 1.82) is 0 Å². The van der Waals surface area contributed by atoms with E-state index in [0.717, 1.165) is 30.7 Å². The second kappa shape index (κ2) is 7.66. The van der Waals surface area contributed by atoms with Crippen molar-refractivity contribution in [2.75, 3.05) is 27.2 Å². The molecule has 2 saturated heterocycles. The van der Waals surface area contributed by atoms with E-state index >= 15 is 0 Å². The zero-order chi connectivity index (χ0) is 18.8. The van der Waals surface area contributed by atoms with Crippen molar-refractivity contribution in [2.24, 2.45) is 17.6 Å². The molecule has 6 nitrogen and oxygen atoms in total. The highest BCUT2D eigenvalue weighted by molar-refractivity contribution is 5.90. The summed E-state index contributed by atoms with van der Waals surface area (Å²) in [5.74, 6) is 0.855. The van der Waals surface area contributed by atoms with Crippen LogP contribution >= 0.6 is 0 Å². The van der Waals surface area contributed by atoms with Crippen molar-refractivity contribution >= 4 is 11.8 Å². The van der Waals surface area contributed by atoms with E-state index < -0.39 is 0 Å². The third-order valence-corrected chi connectivity index (χ3v) is 5.87. The van der Waals surface area contributed by atoms with Gasteiger partial charge in [0.15, 0.2) is 0 Å². The van der Waals surface area contributed by atoms with Gasteiger partial charge < -0.3 is 20.3 Å². The van der Waals surface area contributed by atoms with Gasteiger partial charge in [-0.15, -0.1) is 0 Å². The van der Waals surface area contributed by atoms with Gasteiger partial charge in [-0.2, -0.15) is 0 Å². The molecule has 0 radical (unpaired) electrons. The Kier molecular flexibility index (Phi) is 5.51. The van der Waals surface area contributed by atoms with Gasteiger partial charge in [0.2, 0.25) is 11.8 Å². The van der Waals surface area contributed by atoms with Crippen LogP contribution in [0.1, 0.15) is 37.8 Å². The fraction of sp³-hybridized carbons (Fsp3) is 0.600. The third kappa shape index (κ3) is 3.56. The van der Waals surface area contributed by atoms with E-state index in [2.05, 4.69) is 0 Å². The Morgan fingerprint density at radius 3 is 2.62 bits per heavy atom. The molecule has 26 heavy (non-hydrogen) atoms. The van der Waals surface area contributed by atoms with Crippen LogP contribution in [0.2, 0.25) is 0 Å². The molecule has 3 rings (SSSR count). The zero-order valence-corrected chi connectivity index (χ0v) is 15.9. The van der Waals surface area contributed by atoms with Crippen LogP contribution in [0.4, 0.5) is 0 Å². The molecule has 4 unspecified atom stereocenters. The van der Waals surface area contributed by atoms with Crippen LogP contribution in [0.15, 0.2) is 24.3 Å². The molecule has 2 aliphatic heterocycles. The third-order valence-electron chi connectivity index (χ3n) is 5.87. The van der Waals surface area contributed by atoms with Gasteiger partial charge in [0, 0.05) is 32.6 Å². The molecule has 2 N–H and O–H groups in total. The van der Waals surface area contributed by atoms with Gasteiger partial charge >= 0.3 is 0 Å². The van der Waals surface area contributed by atoms with Crippen molar-refractivity contribution in [1.82, 2.24) is 9.80 Å². The van der Waals surface area contributed by atoms with E-state index in [0.29, 0.717) is 12.5 Å². The van der Waals surface area contributed by atoms with Crippen LogP contribution in [-0.4, -0.2) is 54.9 Å². The standard InChI is InChI=1S/C20H29N3O3/c1-13(21)15-5-4-10-23(12-15)20(25)17-11-18(24)22(2)19(17)14-6-8-16(26-3)9-7-14/h6-9,13,15,17,19H,4-5,10-12,21H2,1-3H3.